The second kappa shape index (κ2) is 7.42. The Morgan fingerprint density at radius 3 is 2.85 bits per heavy atom. The molecular formula is C11H16O2. The van der Waals surface area contributed by atoms with E-state index in [-0.39, 0.29) is 5.97 Å². The maximum atomic E-state index is 10.6. The fourth-order valence-electron chi connectivity index (χ4n) is 0.753. The molecule has 0 aliphatic carbocycles. The summed E-state index contributed by atoms with van der Waals surface area (Å²) in [6.07, 6.45) is 4.13. The summed E-state index contributed by atoms with van der Waals surface area (Å²) in [5, 5.41) is 0. The second-order valence-corrected chi connectivity index (χ2v) is 2.69. The van der Waals surface area contributed by atoms with Crippen molar-refractivity contribution in [3.63, 3.8) is 0 Å². The third kappa shape index (κ3) is 7.14. The van der Waals surface area contributed by atoms with E-state index in [2.05, 4.69) is 25.3 Å². The first kappa shape index (κ1) is 11.8. The van der Waals surface area contributed by atoms with Crippen molar-refractivity contribution >= 4 is 5.97 Å². The van der Waals surface area contributed by atoms with Crippen LogP contribution in [0.3, 0.4) is 0 Å². The molecule has 0 heterocycles. The summed E-state index contributed by atoms with van der Waals surface area (Å²) < 4.78 is 4.85. The van der Waals surface area contributed by atoms with Crippen LogP contribution in [0.4, 0.5) is 0 Å². The summed E-state index contributed by atoms with van der Waals surface area (Å²) in [4.78, 5) is 10.6. The summed E-state index contributed by atoms with van der Waals surface area (Å²) in [5.74, 6) is 5.44. The lowest BCUT2D eigenvalue weighted by atomic mass is 10.2. The zero-order chi connectivity index (χ0) is 10.1. The topological polar surface area (TPSA) is 26.3 Å². The molecule has 0 saturated carbocycles. The van der Waals surface area contributed by atoms with Gasteiger partial charge >= 0.3 is 5.97 Å². The fraction of sp³-hybridized carbons (Fsp3) is 0.545. The second-order valence-electron chi connectivity index (χ2n) is 2.69. The Morgan fingerprint density at radius 2 is 2.38 bits per heavy atom. The van der Waals surface area contributed by atoms with Crippen LogP contribution in [0.25, 0.3) is 0 Å². The molecule has 0 N–H and O–H groups in total. The smallest absolute Gasteiger partial charge is 0.304 e. The lowest BCUT2D eigenvalue weighted by Crippen LogP contribution is -2.10. The first-order valence-corrected chi connectivity index (χ1v) is 4.48. The molecule has 0 radical (unpaired) electrons. The molecule has 0 aromatic carbocycles. The first-order valence-electron chi connectivity index (χ1n) is 4.48. The van der Waals surface area contributed by atoms with Gasteiger partial charge in [0.2, 0.25) is 0 Å². The van der Waals surface area contributed by atoms with Crippen LogP contribution in [0.5, 0.6) is 0 Å². The van der Waals surface area contributed by atoms with Gasteiger partial charge < -0.3 is 4.74 Å². The monoisotopic (exact) mass is 180 g/mol. The van der Waals surface area contributed by atoms with E-state index in [9.17, 15) is 4.79 Å². The van der Waals surface area contributed by atoms with Gasteiger partial charge in [0.1, 0.15) is 0 Å². The molecule has 0 bridgehead atoms. The van der Waals surface area contributed by atoms with Gasteiger partial charge in [0, 0.05) is 13.3 Å². The first-order chi connectivity index (χ1) is 6.20. The molecule has 0 aromatic heterocycles. The third-order valence-electron chi connectivity index (χ3n) is 1.41. The van der Waals surface area contributed by atoms with Crippen LogP contribution in [0.2, 0.25) is 0 Å². The molecular weight excluding hydrogens is 164 g/mol. The minimum Gasteiger partial charge on any atom is -0.445 e. The van der Waals surface area contributed by atoms with Crippen LogP contribution in [0, 0.1) is 11.8 Å². The average Bonchev–Trinajstić information content (AvgIpc) is 2.09. The van der Waals surface area contributed by atoms with Crippen LogP contribution in [0.15, 0.2) is 12.7 Å². The van der Waals surface area contributed by atoms with Crippen LogP contribution < -0.4 is 0 Å². The number of rotatable bonds is 4. The molecule has 0 saturated heterocycles. The van der Waals surface area contributed by atoms with E-state index in [0.29, 0.717) is 0 Å². The lowest BCUT2D eigenvalue weighted by molar-refractivity contribution is -0.142. The van der Waals surface area contributed by atoms with Crippen LogP contribution >= 0.6 is 0 Å². The summed E-state index contributed by atoms with van der Waals surface area (Å²) in [6, 6.07) is 0. The number of carbonyl (C=O) groups is 1. The number of ether oxygens (including phenoxy) is 1. The average molecular weight is 180 g/mol. The standard InChI is InChI=1S/C11H16O2/c1-4-6-7-8-9-11(5-2)13-10(3)12/h5,11H,2,4,6-7H2,1,3H3. The Hall–Kier alpha value is -1.23. The minimum absolute atomic E-state index is 0.324. The highest BCUT2D eigenvalue weighted by atomic mass is 16.5. The molecule has 72 valence electrons. The van der Waals surface area contributed by atoms with E-state index in [0.717, 1.165) is 19.3 Å². The van der Waals surface area contributed by atoms with Crippen molar-refractivity contribution in [2.45, 2.75) is 39.2 Å². The predicted molar refractivity (Wildman–Crippen MR) is 53.1 cm³/mol. The van der Waals surface area contributed by atoms with E-state index in [1.807, 2.05) is 0 Å². The van der Waals surface area contributed by atoms with Crippen molar-refractivity contribution in [3.05, 3.63) is 12.7 Å². The van der Waals surface area contributed by atoms with E-state index < -0.39 is 6.10 Å². The van der Waals surface area contributed by atoms with Gasteiger partial charge in [-0.2, -0.15) is 0 Å². The van der Waals surface area contributed by atoms with Crippen molar-refractivity contribution in [2.75, 3.05) is 0 Å². The maximum absolute atomic E-state index is 10.6. The molecule has 0 aromatic rings. The van der Waals surface area contributed by atoms with Crippen LogP contribution in [-0.4, -0.2) is 12.1 Å². The zero-order valence-corrected chi connectivity index (χ0v) is 8.30. The Labute approximate surface area is 80.0 Å². The van der Waals surface area contributed by atoms with Crippen molar-refractivity contribution in [1.29, 1.82) is 0 Å². The van der Waals surface area contributed by atoms with Gasteiger partial charge in [0.05, 0.1) is 0 Å². The highest BCUT2D eigenvalue weighted by molar-refractivity contribution is 5.66. The molecule has 1 atom stereocenters. The Kier molecular flexibility index (Phi) is 6.72. The molecule has 0 aliphatic heterocycles. The predicted octanol–water partition coefficient (Wildman–Crippen LogP) is 2.30. The summed E-state index contributed by atoms with van der Waals surface area (Å²) in [6.45, 7) is 7.01. The van der Waals surface area contributed by atoms with E-state index in [4.69, 9.17) is 4.74 Å². The van der Waals surface area contributed by atoms with Gasteiger partial charge in [-0.1, -0.05) is 31.8 Å². The maximum Gasteiger partial charge on any atom is 0.304 e. The molecule has 1 unspecified atom stereocenters. The van der Waals surface area contributed by atoms with Gasteiger partial charge in [-0.25, -0.2) is 0 Å². The van der Waals surface area contributed by atoms with E-state index in [1.54, 1.807) is 0 Å². The molecule has 0 rings (SSSR count). The SMILES string of the molecule is C=CC(C#CCCCC)OC(C)=O. The molecule has 13 heavy (non-hydrogen) atoms. The Balaban J connectivity index is 3.86. The summed E-state index contributed by atoms with van der Waals surface area (Å²) >= 11 is 0. The minimum atomic E-state index is -0.450. The van der Waals surface area contributed by atoms with Crippen molar-refractivity contribution in [3.8, 4) is 11.8 Å². The van der Waals surface area contributed by atoms with Gasteiger partial charge in [-0.3, -0.25) is 4.79 Å². The van der Waals surface area contributed by atoms with Crippen molar-refractivity contribution < 1.29 is 9.53 Å². The Bertz CT molecular complexity index is 220. The number of hydrogen-bond donors (Lipinski definition) is 0. The number of carbonyl (C=O) groups excluding carboxylic acids is 1. The van der Waals surface area contributed by atoms with Gasteiger partial charge in [0.25, 0.3) is 0 Å². The Morgan fingerprint density at radius 1 is 1.69 bits per heavy atom. The highest BCUT2D eigenvalue weighted by Crippen LogP contribution is 1.94. The quantitative estimate of drug-likeness (QED) is 0.287. The number of unbranched alkanes of at least 4 members (excludes halogenated alkanes) is 2. The largest absolute Gasteiger partial charge is 0.445 e. The normalized spacial score (nSPS) is 10.9. The van der Waals surface area contributed by atoms with E-state index >= 15 is 0 Å². The third-order valence-corrected chi connectivity index (χ3v) is 1.41. The van der Waals surface area contributed by atoms with Gasteiger partial charge in [-0.15, -0.1) is 0 Å². The van der Waals surface area contributed by atoms with Crippen LogP contribution in [-0.2, 0) is 9.53 Å². The number of hydrogen-bond acceptors (Lipinski definition) is 2. The van der Waals surface area contributed by atoms with Crippen molar-refractivity contribution in [1.82, 2.24) is 0 Å². The molecule has 2 nitrogen and oxygen atoms in total. The molecule has 0 spiro atoms. The molecule has 0 amide bonds. The van der Waals surface area contributed by atoms with Crippen LogP contribution in [0.1, 0.15) is 33.1 Å². The van der Waals surface area contributed by atoms with E-state index in [1.165, 1.54) is 13.0 Å². The molecule has 0 aliphatic rings. The molecule has 2 heteroatoms. The molecule has 0 fully saturated rings. The fourth-order valence-corrected chi connectivity index (χ4v) is 0.753. The van der Waals surface area contributed by atoms with Gasteiger partial charge in [-0.05, 0) is 12.5 Å². The van der Waals surface area contributed by atoms with Gasteiger partial charge in [0.15, 0.2) is 6.10 Å². The lowest BCUT2D eigenvalue weighted by Gasteiger charge is -2.03. The summed E-state index contributed by atoms with van der Waals surface area (Å²) in [7, 11) is 0. The number of esters is 1. The zero-order valence-electron chi connectivity index (χ0n) is 8.30. The summed E-state index contributed by atoms with van der Waals surface area (Å²) in [5.41, 5.74) is 0. The highest BCUT2D eigenvalue weighted by Gasteiger charge is 2.01. The van der Waals surface area contributed by atoms with Crippen molar-refractivity contribution in [2.24, 2.45) is 0 Å².